The molecule has 1 aromatic heterocycles. The number of aromatic nitrogens is 2. The van der Waals surface area contributed by atoms with Crippen molar-refractivity contribution in [1.29, 1.82) is 0 Å². The van der Waals surface area contributed by atoms with Gasteiger partial charge in [-0.2, -0.15) is 0 Å². The number of para-hydroxylation sites is 1. The van der Waals surface area contributed by atoms with Gasteiger partial charge in [-0.1, -0.05) is 36.4 Å². The summed E-state index contributed by atoms with van der Waals surface area (Å²) >= 11 is 0. The van der Waals surface area contributed by atoms with E-state index in [1.165, 1.54) is 11.1 Å². The molecule has 1 fully saturated rings. The van der Waals surface area contributed by atoms with Gasteiger partial charge in [-0.25, -0.2) is 9.97 Å². The van der Waals surface area contributed by atoms with E-state index < -0.39 is 0 Å². The molecule has 2 aromatic carbocycles. The molecular formula is C26H36N6. The lowest BCUT2D eigenvalue weighted by Crippen LogP contribution is -2.45. The van der Waals surface area contributed by atoms with E-state index in [0.717, 1.165) is 81.3 Å². The summed E-state index contributed by atoms with van der Waals surface area (Å²) in [5.74, 6) is 1.87. The molecule has 0 bridgehead atoms. The fourth-order valence-corrected chi connectivity index (χ4v) is 4.27. The van der Waals surface area contributed by atoms with Gasteiger partial charge in [0, 0.05) is 44.7 Å². The smallest absolute Gasteiger partial charge is 0.145 e. The number of anilines is 1. The van der Waals surface area contributed by atoms with Gasteiger partial charge < -0.3 is 10.2 Å². The zero-order valence-corrected chi connectivity index (χ0v) is 19.7. The second kappa shape index (κ2) is 10.9. The van der Waals surface area contributed by atoms with Gasteiger partial charge in [0.2, 0.25) is 0 Å². The van der Waals surface area contributed by atoms with Crippen molar-refractivity contribution in [2.45, 2.75) is 26.4 Å². The minimum Gasteiger partial charge on any atom is -0.369 e. The summed E-state index contributed by atoms with van der Waals surface area (Å²) in [6, 6.07) is 17.0. The summed E-state index contributed by atoms with van der Waals surface area (Å²) in [7, 11) is 4.22. The van der Waals surface area contributed by atoms with Crippen LogP contribution < -0.4 is 5.32 Å². The Morgan fingerprint density at radius 1 is 0.875 bits per heavy atom. The Morgan fingerprint density at radius 2 is 1.56 bits per heavy atom. The van der Waals surface area contributed by atoms with Gasteiger partial charge in [-0.05, 0) is 57.2 Å². The quantitative estimate of drug-likeness (QED) is 0.521. The Labute approximate surface area is 192 Å². The minimum absolute atomic E-state index is 0.801. The maximum absolute atomic E-state index is 4.92. The van der Waals surface area contributed by atoms with E-state index in [1.54, 1.807) is 0 Å². The molecule has 170 valence electrons. The first-order valence-corrected chi connectivity index (χ1v) is 11.7. The summed E-state index contributed by atoms with van der Waals surface area (Å²) in [4.78, 5) is 17.0. The lowest BCUT2D eigenvalue weighted by Gasteiger charge is -2.34. The van der Waals surface area contributed by atoms with Crippen molar-refractivity contribution in [2.24, 2.45) is 0 Å². The van der Waals surface area contributed by atoms with Crippen LogP contribution in [0.15, 0.2) is 48.5 Å². The average Bonchev–Trinajstić information content (AvgIpc) is 2.79. The molecule has 0 spiro atoms. The first-order valence-electron chi connectivity index (χ1n) is 11.7. The molecule has 0 unspecified atom stereocenters. The highest BCUT2D eigenvalue weighted by molar-refractivity contribution is 5.88. The van der Waals surface area contributed by atoms with Gasteiger partial charge >= 0.3 is 0 Å². The van der Waals surface area contributed by atoms with Crippen molar-refractivity contribution < 1.29 is 0 Å². The molecule has 0 radical (unpaired) electrons. The van der Waals surface area contributed by atoms with Gasteiger partial charge in [0.25, 0.3) is 0 Å². The number of aryl methyl sites for hydroxylation is 1. The summed E-state index contributed by atoms with van der Waals surface area (Å²) in [5.41, 5.74) is 3.83. The van der Waals surface area contributed by atoms with Gasteiger partial charge in [0.05, 0.1) is 12.1 Å². The SMILES string of the molecule is Cc1ccccc1CN1CCN(Cc2nc(NCCCN(C)C)c3ccccc3n2)CC1. The Morgan fingerprint density at radius 3 is 2.31 bits per heavy atom. The molecule has 0 atom stereocenters. The molecule has 3 aromatic rings. The molecule has 0 saturated carbocycles. The third kappa shape index (κ3) is 6.03. The Hall–Kier alpha value is -2.54. The second-order valence-electron chi connectivity index (χ2n) is 9.07. The molecule has 0 amide bonds. The first kappa shape index (κ1) is 22.6. The van der Waals surface area contributed by atoms with Crippen molar-refractivity contribution in [2.75, 3.05) is 58.7 Å². The number of fused-ring (bicyclic) bond motifs is 1. The predicted molar refractivity (Wildman–Crippen MR) is 133 cm³/mol. The fraction of sp³-hybridized carbons (Fsp3) is 0.462. The standard InChI is InChI=1S/C26H36N6/c1-21-9-4-5-10-22(21)19-31-15-17-32(18-16-31)20-25-28-24-12-7-6-11-23(24)26(29-25)27-13-8-14-30(2)3/h4-7,9-12H,8,13-20H2,1-3H3,(H,27,28,29). The van der Waals surface area contributed by atoms with Crippen LogP contribution >= 0.6 is 0 Å². The molecule has 0 aliphatic carbocycles. The second-order valence-corrected chi connectivity index (χ2v) is 9.07. The lowest BCUT2D eigenvalue weighted by molar-refractivity contribution is 0.120. The summed E-state index contributed by atoms with van der Waals surface area (Å²) in [6.07, 6.45) is 1.09. The molecule has 4 rings (SSSR count). The van der Waals surface area contributed by atoms with Crippen molar-refractivity contribution in [3.8, 4) is 0 Å². The van der Waals surface area contributed by atoms with E-state index >= 15 is 0 Å². The molecule has 1 N–H and O–H groups in total. The highest BCUT2D eigenvalue weighted by Gasteiger charge is 2.19. The number of nitrogens with one attached hydrogen (secondary N) is 1. The number of nitrogens with zero attached hydrogens (tertiary/aromatic N) is 5. The fourth-order valence-electron chi connectivity index (χ4n) is 4.27. The molecule has 1 saturated heterocycles. The van der Waals surface area contributed by atoms with Crippen molar-refractivity contribution in [3.05, 3.63) is 65.5 Å². The molecule has 6 nitrogen and oxygen atoms in total. The molecule has 1 aliphatic heterocycles. The highest BCUT2D eigenvalue weighted by Crippen LogP contribution is 2.21. The number of hydrogen-bond donors (Lipinski definition) is 1. The van der Waals surface area contributed by atoms with E-state index in [1.807, 2.05) is 0 Å². The Balaban J connectivity index is 1.37. The van der Waals surface area contributed by atoms with Crippen LogP contribution in [0.3, 0.4) is 0 Å². The van der Waals surface area contributed by atoms with Crippen LogP contribution in [0.4, 0.5) is 5.82 Å². The number of hydrogen-bond acceptors (Lipinski definition) is 6. The van der Waals surface area contributed by atoms with Crippen LogP contribution in [0, 0.1) is 6.92 Å². The molecule has 2 heterocycles. The number of benzene rings is 2. The zero-order chi connectivity index (χ0) is 22.3. The van der Waals surface area contributed by atoms with Crippen LogP contribution in [0.25, 0.3) is 10.9 Å². The summed E-state index contributed by atoms with van der Waals surface area (Å²) in [6.45, 7) is 10.3. The maximum atomic E-state index is 4.92. The zero-order valence-electron chi connectivity index (χ0n) is 19.7. The highest BCUT2D eigenvalue weighted by atomic mass is 15.3. The minimum atomic E-state index is 0.801. The van der Waals surface area contributed by atoms with Gasteiger partial charge in [0.1, 0.15) is 11.6 Å². The normalized spacial score (nSPS) is 15.5. The van der Waals surface area contributed by atoms with Crippen LogP contribution in [0.1, 0.15) is 23.4 Å². The summed E-state index contributed by atoms with van der Waals surface area (Å²) in [5, 5.41) is 4.66. The van der Waals surface area contributed by atoms with E-state index in [9.17, 15) is 0 Å². The molecule has 6 heteroatoms. The third-order valence-electron chi connectivity index (χ3n) is 6.21. The van der Waals surface area contributed by atoms with Crippen molar-refractivity contribution in [1.82, 2.24) is 24.7 Å². The molecule has 1 aliphatic rings. The van der Waals surface area contributed by atoms with E-state index in [-0.39, 0.29) is 0 Å². The predicted octanol–water partition coefficient (Wildman–Crippen LogP) is 3.62. The lowest BCUT2D eigenvalue weighted by atomic mass is 10.1. The van der Waals surface area contributed by atoms with Crippen LogP contribution in [-0.2, 0) is 13.1 Å². The van der Waals surface area contributed by atoms with Gasteiger partial charge in [-0.15, -0.1) is 0 Å². The third-order valence-corrected chi connectivity index (χ3v) is 6.21. The van der Waals surface area contributed by atoms with E-state index in [0.29, 0.717) is 0 Å². The Kier molecular flexibility index (Phi) is 7.68. The average molecular weight is 433 g/mol. The Bertz CT molecular complexity index is 1010. The van der Waals surface area contributed by atoms with Crippen LogP contribution in [0.5, 0.6) is 0 Å². The van der Waals surface area contributed by atoms with Gasteiger partial charge in [0.15, 0.2) is 0 Å². The van der Waals surface area contributed by atoms with E-state index in [4.69, 9.17) is 9.97 Å². The van der Waals surface area contributed by atoms with Crippen LogP contribution in [0.2, 0.25) is 0 Å². The van der Waals surface area contributed by atoms with Crippen molar-refractivity contribution >= 4 is 16.7 Å². The topological polar surface area (TPSA) is 47.5 Å². The van der Waals surface area contributed by atoms with Crippen LogP contribution in [-0.4, -0.2) is 78.0 Å². The first-order chi connectivity index (χ1) is 15.6. The van der Waals surface area contributed by atoms with E-state index in [2.05, 4.69) is 89.6 Å². The molecular weight excluding hydrogens is 396 g/mol. The van der Waals surface area contributed by atoms with Crippen molar-refractivity contribution in [3.63, 3.8) is 0 Å². The molecule has 32 heavy (non-hydrogen) atoms. The monoisotopic (exact) mass is 432 g/mol. The number of rotatable bonds is 9. The number of piperazine rings is 1. The maximum Gasteiger partial charge on any atom is 0.145 e. The summed E-state index contributed by atoms with van der Waals surface area (Å²) < 4.78 is 0. The largest absolute Gasteiger partial charge is 0.369 e. The van der Waals surface area contributed by atoms with Gasteiger partial charge in [-0.3, -0.25) is 9.80 Å².